The van der Waals surface area contributed by atoms with Crippen LogP contribution in [0.25, 0.3) is 0 Å². The lowest BCUT2D eigenvalue weighted by Crippen LogP contribution is -2.33. The Bertz CT molecular complexity index is 558. The smallest absolute Gasteiger partial charge is 0.0669 e. The molecule has 1 aromatic carbocycles. The SMILES string of the molecule is N#CCCC(C#N)CN1CCCN(Cc2ccc(Cl)cc2)CC1. The summed E-state index contributed by atoms with van der Waals surface area (Å²) in [4.78, 5) is 4.83. The lowest BCUT2D eigenvalue weighted by atomic mass is 10.0. The van der Waals surface area contributed by atoms with Crippen molar-refractivity contribution in [2.24, 2.45) is 5.92 Å². The van der Waals surface area contributed by atoms with Gasteiger partial charge in [-0.3, -0.25) is 4.90 Å². The third-order valence-electron chi connectivity index (χ3n) is 4.27. The molecule has 4 nitrogen and oxygen atoms in total. The largest absolute Gasteiger partial charge is 0.301 e. The Labute approximate surface area is 143 Å². The summed E-state index contributed by atoms with van der Waals surface area (Å²) in [5, 5.41) is 18.7. The standard InChI is InChI=1S/C18H23ClN4/c19-18-6-4-16(5-7-18)14-22-9-2-10-23(12-11-22)15-17(13-21)3-1-8-20/h4-7,17H,1-3,9-12,14-15H2. The molecule has 1 saturated heterocycles. The van der Waals surface area contributed by atoms with E-state index in [2.05, 4.69) is 34.1 Å². The summed E-state index contributed by atoms with van der Waals surface area (Å²) in [6, 6.07) is 12.5. The number of benzene rings is 1. The highest BCUT2D eigenvalue weighted by Crippen LogP contribution is 2.14. The predicted octanol–water partition coefficient (Wildman–Crippen LogP) is 3.29. The van der Waals surface area contributed by atoms with Crippen LogP contribution in [0.15, 0.2) is 24.3 Å². The number of hydrogen-bond donors (Lipinski definition) is 0. The first-order chi connectivity index (χ1) is 11.2. The number of rotatable bonds is 6. The molecule has 122 valence electrons. The first-order valence-corrected chi connectivity index (χ1v) is 8.55. The highest BCUT2D eigenvalue weighted by molar-refractivity contribution is 6.30. The van der Waals surface area contributed by atoms with E-state index in [0.717, 1.165) is 50.7 Å². The quantitative estimate of drug-likeness (QED) is 0.803. The molecular formula is C18H23ClN4. The molecule has 0 aliphatic carbocycles. The minimum absolute atomic E-state index is 0.0301. The second-order valence-corrected chi connectivity index (χ2v) is 6.52. The molecule has 23 heavy (non-hydrogen) atoms. The highest BCUT2D eigenvalue weighted by Gasteiger charge is 2.18. The Morgan fingerprint density at radius 3 is 2.43 bits per heavy atom. The number of nitriles is 2. The van der Waals surface area contributed by atoms with Gasteiger partial charge in [0.1, 0.15) is 0 Å². The van der Waals surface area contributed by atoms with Gasteiger partial charge in [-0.25, -0.2) is 0 Å². The van der Waals surface area contributed by atoms with E-state index in [0.29, 0.717) is 12.8 Å². The van der Waals surface area contributed by atoms with Crippen molar-refractivity contribution >= 4 is 11.6 Å². The molecule has 1 fully saturated rings. The summed E-state index contributed by atoms with van der Waals surface area (Å²) >= 11 is 5.93. The van der Waals surface area contributed by atoms with Crippen LogP contribution in [0, 0.1) is 28.6 Å². The van der Waals surface area contributed by atoms with E-state index in [1.165, 1.54) is 5.56 Å². The molecule has 0 radical (unpaired) electrons. The van der Waals surface area contributed by atoms with Crippen LogP contribution in [0.1, 0.15) is 24.8 Å². The van der Waals surface area contributed by atoms with Gasteiger partial charge < -0.3 is 4.90 Å². The van der Waals surface area contributed by atoms with Gasteiger partial charge in [0.05, 0.1) is 18.1 Å². The molecule has 1 aliphatic heterocycles. The second kappa shape index (κ2) is 9.53. The zero-order valence-electron chi connectivity index (χ0n) is 13.4. The molecule has 2 rings (SSSR count). The van der Waals surface area contributed by atoms with Gasteiger partial charge in [-0.2, -0.15) is 10.5 Å². The van der Waals surface area contributed by atoms with Crippen molar-refractivity contribution in [3.63, 3.8) is 0 Å². The van der Waals surface area contributed by atoms with E-state index >= 15 is 0 Å². The van der Waals surface area contributed by atoms with Crippen molar-refractivity contribution in [2.45, 2.75) is 25.8 Å². The zero-order valence-corrected chi connectivity index (χ0v) is 14.2. The van der Waals surface area contributed by atoms with E-state index in [1.807, 2.05) is 12.1 Å². The minimum atomic E-state index is -0.0301. The first kappa shape index (κ1) is 17.8. The molecule has 1 atom stereocenters. The number of halogens is 1. The van der Waals surface area contributed by atoms with Crippen molar-refractivity contribution in [2.75, 3.05) is 32.7 Å². The summed E-state index contributed by atoms with van der Waals surface area (Å²) < 4.78 is 0. The summed E-state index contributed by atoms with van der Waals surface area (Å²) in [6.45, 7) is 5.84. The van der Waals surface area contributed by atoms with Crippen LogP contribution in [0.4, 0.5) is 0 Å². The van der Waals surface area contributed by atoms with Crippen molar-refractivity contribution < 1.29 is 0 Å². The maximum atomic E-state index is 9.22. The molecule has 1 aromatic rings. The number of hydrogen-bond acceptors (Lipinski definition) is 4. The van der Waals surface area contributed by atoms with Crippen LogP contribution in [0.5, 0.6) is 0 Å². The van der Waals surface area contributed by atoms with Crippen LogP contribution in [-0.4, -0.2) is 42.5 Å². The fraction of sp³-hybridized carbons (Fsp3) is 0.556. The topological polar surface area (TPSA) is 54.1 Å². The monoisotopic (exact) mass is 330 g/mol. The van der Waals surface area contributed by atoms with E-state index in [-0.39, 0.29) is 5.92 Å². The summed E-state index contributed by atoms with van der Waals surface area (Å²) in [6.07, 6.45) is 2.26. The molecule has 1 unspecified atom stereocenters. The molecular weight excluding hydrogens is 308 g/mol. The Balaban J connectivity index is 1.81. The molecule has 0 bridgehead atoms. The van der Waals surface area contributed by atoms with Crippen molar-refractivity contribution in [1.29, 1.82) is 10.5 Å². The normalized spacial score (nSPS) is 17.9. The number of nitrogens with zero attached hydrogens (tertiary/aromatic N) is 4. The lowest BCUT2D eigenvalue weighted by molar-refractivity contribution is 0.236. The van der Waals surface area contributed by atoms with Crippen LogP contribution in [0.2, 0.25) is 5.02 Å². The summed E-state index contributed by atoms with van der Waals surface area (Å²) in [5.74, 6) is -0.0301. The maximum Gasteiger partial charge on any atom is 0.0669 e. The van der Waals surface area contributed by atoms with Crippen molar-refractivity contribution in [3.05, 3.63) is 34.9 Å². The summed E-state index contributed by atoms with van der Waals surface area (Å²) in [5.41, 5.74) is 1.28. The minimum Gasteiger partial charge on any atom is -0.301 e. The van der Waals surface area contributed by atoms with Crippen LogP contribution >= 0.6 is 11.6 Å². The van der Waals surface area contributed by atoms with Gasteiger partial charge in [-0.1, -0.05) is 23.7 Å². The first-order valence-electron chi connectivity index (χ1n) is 8.17. The average molecular weight is 331 g/mol. The van der Waals surface area contributed by atoms with Crippen molar-refractivity contribution in [3.8, 4) is 12.1 Å². The molecule has 1 aliphatic rings. The summed E-state index contributed by atoms with van der Waals surface area (Å²) in [7, 11) is 0. The second-order valence-electron chi connectivity index (χ2n) is 6.08. The third kappa shape index (κ3) is 6.20. The van der Waals surface area contributed by atoms with Gasteiger partial charge in [-0.05, 0) is 43.6 Å². The molecule has 0 N–H and O–H groups in total. The van der Waals surface area contributed by atoms with E-state index in [4.69, 9.17) is 16.9 Å². The molecule has 0 aromatic heterocycles. The Morgan fingerprint density at radius 1 is 1.04 bits per heavy atom. The zero-order chi connectivity index (χ0) is 16.5. The molecule has 5 heteroatoms. The van der Waals surface area contributed by atoms with E-state index in [9.17, 15) is 5.26 Å². The Morgan fingerprint density at radius 2 is 1.74 bits per heavy atom. The van der Waals surface area contributed by atoms with Gasteiger partial charge >= 0.3 is 0 Å². The maximum absolute atomic E-state index is 9.22. The highest BCUT2D eigenvalue weighted by atomic mass is 35.5. The predicted molar refractivity (Wildman–Crippen MR) is 91.7 cm³/mol. The van der Waals surface area contributed by atoms with Gasteiger partial charge in [-0.15, -0.1) is 0 Å². The van der Waals surface area contributed by atoms with Gasteiger partial charge in [0.25, 0.3) is 0 Å². The molecule has 0 spiro atoms. The van der Waals surface area contributed by atoms with Crippen LogP contribution < -0.4 is 0 Å². The molecule has 0 amide bonds. The van der Waals surface area contributed by atoms with Gasteiger partial charge in [0.2, 0.25) is 0 Å². The molecule has 1 heterocycles. The van der Waals surface area contributed by atoms with Gasteiger partial charge in [0.15, 0.2) is 0 Å². The Hall–Kier alpha value is -1.59. The van der Waals surface area contributed by atoms with Gasteiger partial charge in [0, 0.05) is 37.6 Å². The van der Waals surface area contributed by atoms with Crippen molar-refractivity contribution in [1.82, 2.24) is 9.80 Å². The average Bonchev–Trinajstić information content (AvgIpc) is 2.79. The van der Waals surface area contributed by atoms with Crippen LogP contribution in [0.3, 0.4) is 0 Å². The Kier molecular flexibility index (Phi) is 7.36. The molecule has 0 saturated carbocycles. The van der Waals surface area contributed by atoms with Crippen LogP contribution in [-0.2, 0) is 6.54 Å². The fourth-order valence-corrected chi connectivity index (χ4v) is 3.09. The fourth-order valence-electron chi connectivity index (χ4n) is 2.96. The third-order valence-corrected chi connectivity index (χ3v) is 4.52. The van der Waals surface area contributed by atoms with E-state index < -0.39 is 0 Å². The van der Waals surface area contributed by atoms with E-state index in [1.54, 1.807) is 0 Å². The lowest BCUT2D eigenvalue weighted by Gasteiger charge is -2.23.